The van der Waals surface area contributed by atoms with Crippen molar-refractivity contribution in [3.05, 3.63) is 18.2 Å². The molecule has 0 amide bonds. The van der Waals surface area contributed by atoms with Crippen molar-refractivity contribution < 1.29 is 17.9 Å². The third-order valence-electron chi connectivity index (χ3n) is 3.82. The number of ether oxygens (including phenoxy) is 2. The molecule has 1 aromatic carbocycles. The number of hydrogen-bond acceptors (Lipinski definition) is 5. The molecule has 22 heavy (non-hydrogen) atoms. The van der Waals surface area contributed by atoms with E-state index >= 15 is 0 Å². The van der Waals surface area contributed by atoms with Gasteiger partial charge in [0.15, 0.2) is 0 Å². The van der Waals surface area contributed by atoms with Crippen LogP contribution >= 0.6 is 0 Å². The molecule has 0 bridgehead atoms. The van der Waals surface area contributed by atoms with Crippen molar-refractivity contribution in [1.82, 2.24) is 9.62 Å². The van der Waals surface area contributed by atoms with Crippen LogP contribution in [-0.4, -0.2) is 52.6 Å². The lowest BCUT2D eigenvalue weighted by atomic mass is 10.2. The van der Waals surface area contributed by atoms with Gasteiger partial charge in [-0.15, -0.1) is 0 Å². The third kappa shape index (κ3) is 3.53. The summed E-state index contributed by atoms with van der Waals surface area (Å²) in [6.45, 7) is 4.04. The first-order valence-corrected chi connectivity index (χ1v) is 8.92. The highest BCUT2D eigenvalue weighted by Crippen LogP contribution is 2.29. The molecule has 0 aromatic heterocycles. The summed E-state index contributed by atoms with van der Waals surface area (Å²) in [5.74, 6) is 0.942. The molecule has 6 nitrogen and oxygen atoms in total. The second kappa shape index (κ2) is 7.30. The number of sulfonamides is 1. The van der Waals surface area contributed by atoms with Gasteiger partial charge in [-0.25, -0.2) is 8.42 Å². The fourth-order valence-corrected chi connectivity index (χ4v) is 4.47. The molecule has 7 heteroatoms. The molecule has 0 aliphatic carbocycles. The predicted molar refractivity (Wildman–Crippen MR) is 85.0 cm³/mol. The lowest BCUT2D eigenvalue weighted by Crippen LogP contribution is -2.42. The van der Waals surface area contributed by atoms with E-state index in [0.717, 1.165) is 19.4 Å². The normalized spacial score (nSPS) is 18.6. The van der Waals surface area contributed by atoms with Crippen LogP contribution in [0.5, 0.6) is 11.5 Å². The summed E-state index contributed by atoms with van der Waals surface area (Å²) in [5, 5.41) is 3.22. The molecular formula is C15H24N2O4S. The first kappa shape index (κ1) is 17.1. The standard InChI is InChI=1S/C15H24N2O4S/c1-4-7-17(12-5-6-16-11-12)22(18,19)15-9-13(20-2)8-14(10-15)21-3/h8-10,12,16H,4-7,11H2,1-3H3. The average Bonchev–Trinajstić information content (AvgIpc) is 3.05. The molecule has 1 aromatic rings. The van der Waals surface area contributed by atoms with Crippen molar-refractivity contribution in [2.45, 2.75) is 30.7 Å². The lowest BCUT2D eigenvalue weighted by molar-refractivity contribution is 0.334. The first-order valence-electron chi connectivity index (χ1n) is 7.48. The van der Waals surface area contributed by atoms with Crippen LogP contribution in [0.2, 0.25) is 0 Å². The summed E-state index contributed by atoms with van der Waals surface area (Å²) in [6.07, 6.45) is 1.61. The molecule has 2 rings (SSSR count). The molecule has 1 aliphatic rings. The molecule has 0 spiro atoms. The van der Waals surface area contributed by atoms with E-state index < -0.39 is 10.0 Å². The van der Waals surface area contributed by atoms with Gasteiger partial charge in [0, 0.05) is 37.3 Å². The molecule has 1 fully saturated rings. The zero-order chi connectivity index (χ0) is 16.2. The van der Waals surface area contributed by atoms with Gasteiger partial charge >= 0.3 is 0 Å². The maximum absolute atomic E-state index is 13.0. The molecule has 1 unspecified atom stereocenters. The quantitative estimate of drug-likeness (QED) is 0.821. The minimum Gasteiger partial charge on any atom is -0.497 e. The first-order chi connectivity index (χ1) is 10.5. The lowest BCUT2D eigenvalue weighted by Gasteiger charge is -2.27. The van der Waals surface area contributed by atoms with Crippen LogP contribution in [0.3, 0.4) is 0 Å². The zero-order valence-corrected chi connectivity index (χ0v) is 14.1. The summed E-state index contributed by atoms with van der Waals surface area (Å²) in [5.41, 5.74) is 0. The van der Waals surface area contributed by atoms with E-state index in [1.807, 2.05) is 6.92 Å². The van der Waals surface area contributed by atoms with Crippen LogP contribution in [0, 0.1) is 0 Å². The van der Waals surface area contributed by atoms with Crippen LogP contribution in [0.25, 0.3) is 0 Å². The highest BCUT2D eigenvalue weighted by atomic mass is 32.2. The second-order valence-electron chi connectivity index (χ2n) is 5.31. The van der Waals surface area contributed by atoms with Gasteiger partial charge in [-0.05, 0) is 19.4 Å². The smallest absolute Gasteiger partial charge is 0.243 e. The maximum Gasteiger partial charge on any atom is 0.243 e. The van der Waals surface area contributed by atoms with Gasteiger partial charge in [0.05, 0.1) is 19.1 Å². The Labute approximate surface area is 132 Å². The summed E-state index contributed by atoms with van der Waals surface area (Å²) in [4.78, 5) is 0.212. The summed E-state index contributed by atoms with van der Waals surface area (Å²) < 4.78 is 38.0. The molecule has 1 heterocycles. The highest BCUT2D eigenvalue weighted by molar-refractivity contribution is 7.89. The molecule has 1 atom stereocenters. The van der Waals surface area contributed by atoms with Crippen molar-refractivity contribution in [3.8, 4) is 11.5 Å². The molecule has 0 radical (unpaired) electrons. The average molecular weight is 328 g/mol. The molecule has 1 aliphatic heterocycles. The Morgan fingerprint density at radius 2 is 1.86 bits per heavy atom. The third-order valence-corrected chi connectivity index (χ3v) is 5.75. The highest BCUT2D eigenvalue weighted by Gasteiger charge is 2.33. The minimum absolute atomic E-state index is 0.00199. The van der Waals surface area contributed by atoms with Gasteiger partial charge in [-0.2, -0.15) is 4.31 Å². The molecule has 0 saturated carbocycles. The van der Waals surface area contributed by atoms with E-state index in [-0.39, 0.29) is 10.9 Å². The Morgan fingerprint density at radius 1 is 1.23 bits per heavy atom. The number of benzene rings is 1. The Bertz CT molecular complexity index is 575. The van der Waals surface area contributed by atoms with E-state index in [1.54, 1.807) is 22.5 Å². The number of methoxy groups -OCH3 is 2. The largest absolute Gasteiger partial charge is 0.497 e. The summed E-state index contributed by atoms with van der Waals surface area (Å²) in [6, 6.07) is 4.76. The van der Waals surface area contributed by atoms with Crippen molar-refractivity contribution in [3.63, 3.8) is 0 Å². The van der Waals surface area contributed by atoms with Crippen LogP contribution in [0.15, 0.2) is 23.1 Å². The molecule has 1 saturated heterocycles. The Balaban J connectivity index is 2.41. The summed E-state index contributed by atoms with van der Waals surface area (Å²) in [7, 11) is -0.559. The number of rotatable bonds is 7. The molecular weight excluding hydrogens is 304 g/mol. The van der Waals surface area contributed by atoms with Crippen LogP contribution in [0.1, 0.15) is 19.8 Å². The van der Waals surface area contributed by atoms with Gasteiger partial charge in [0.2, 0.25) is 10.0 Å². The van der Waals surface area contributed by atoms with Gasteiger partial charge < -0.3 is 14.8 Å². The van der Waals surface area contributed by atoms with Crippen molar-refractivity contribution in [2.75, 3.05) is 33.9 Å². The Morgan fingerprint density at radius 3 is 2.32 bits per heavy atom. The second-order valence-corrected chi connectivity index (χ2v) is 7.20. The van der Waals surface area contributed by atoms with Gasteiger partial charge in [0.1, 0.15) is 11.5 Å². The fourth-order valence-electron chi connectivity index (χ4n) is 2.67. The van der Waals surface area contributed by atoms with E-state index in [4.69, 9.17) is 9.47 Å². The van der Waals surface area contributed by atoms with Crippen LogP contribution < -0.4 is 14.8 Å². The van der Waals surface area contributed by atoms with Gasteiger partial charge in [-0.1, -0.05) is 6.92 Å². The fraction of sp³-hybridized carbons (Fsp3) is 0.600. The number of nitrogens with one attached hydrogen (secondary N) is 1. The van der Waals surface area contributed by atoms with E-state index in [0.29, 0.717) is 24.6 Å². The van der Waals surface area contributed by atoms with E-state index in [9.17, 15) is 8.42 Å². The molecule has 1 N–H and O–H groups in total. The SMILES string of the molecule is CCCN(C1CCNC1)S(=O)(=O)c1cc(OC)cc(OC)c1. The van der Waals surface area contributed by atoms with E-state index in [1.165, 1.54) is 14.2 Å². The number of hydrogen-bond donors (Lipinski definition) is 1. The summed E-state index contributed by atoms with van der Waals surface area (Å²) >= 11 is 0. The van der Waals surface area contributed by atoms with Crippen molar-refractivity contribution >= 4 is 10.0 Å². The zero-order valence-electron chi connectivity index (χ0n) is 13.3. The predicted octanol–water partition coefficient (Wildman–Crippen LogP) is 1.47. The van der Waals surface area contributed by atoms with Crippen molar-refractivity contribution in [2.24, 2.45) is 0 Å². The van der Waals surface area contributed by atoms with Crippen molar-refractivity contribution in [1.29, 1.82) is 0 Å². The van der Waals surface area contributed by atoms with Crippen LogP contribution in [0.4, 0.5) is 0 Å². The maximum atomic E-state index is 13.0. The number of nitrogens with zero attached hydrogens (tertiary/aromatic N) is 1. The van der Waals surface area contributed by atoms with Gasteiger partial charge in [-0.3, -0.25) is 0 Å². The van der Waals surface area contributed by atoms with Crippen LogP contribution in [-0.2, 0) is 10.0 Å². The Hall–Kier alpha value is -1.31. The topological polar surface area (TPSA) is 67.9 Å². The van der Waals surface area contributed by atoms with Gasteiger partial charge in [0.25, 0.3) is 0 Å². The molecule has 124 valence electrons. The monoisotopic (exact) mass is 328 g/mol. The Kier molecular flexibility index (Phi) is 5.66. The minimum atomic E-state index is -3.58. The van der Waals surface area contributed by atoms with E-state index in [2.05, 4.69) is 5.32 Å².